The van der Waals surface area contributed by atoms with E-state index in [0.29, 0.717) is 13.1 Å². The van der Waals surface area contributed by atoms with E-state index in [2.05, 4.69) is 11.4 Å². The Labute approximate surface area is 134 Å². The zero-order valence-electron chi connectivity index (χ0n) is 12.2. The number of aliphatic hydroxyl groups excluding tert-OH is 1. The van der Waals surface area contributed by atoms with Crippen LogP contribution >= 0.6 is 11.3 Å². The summed E-state index contributed by atoms with van der Waals surface area (Å²) >= 11 is 1.64. The maximum absolute atomic E-state index is 12.2. The first-order valence-electron chi connectivity index (χ1n) is 7.36. The maximum atomic E-state index is 12.2. The molecule has 22 heavy (non-hydrogen) atoms. The first kappa shape index (κ1) is 15.1. The third-order valence-electron chi connectivity index (χ3n) is 4.11. The molecule has 1 aromatic carbocycles. The third kappa shape index (κ3) is 3.31. The molecule has 1 fully saturated rings. The summed E-state index contributed by atoms with van der Waals surface area (Å²) in [5.74, 6) is 0.277. The van der Waals surface area contributed by atoms with Crippen molar-refractivity contribution in [1.82, 2.24) is 4.90 Å². The highest BCUT2D eigenvalue weighted by Gasteiger charge is 2.36. The Kier molecular flexibility index (Phi) is 4.75. The number of hydrogen-bond donors (Lipinski definition) is 1. The molecule has 3 rings (SSSR count). The van der Waals surface area contributed by atoms with E-state index in [1.807, 2.05) is 35.7 Å². The normalized spacial score (nSPS) is 21.0. The minimum absolute atomic E-state index is 0.0823. The number of hydrogen-bond acceptors (Lipinski definition) is 4. The molecule has 116 valence electrons. The van der Waals surface area contributed by atoms with Gasteiger partial charge in [0.1, 0.15) is 6.61 Å². The summed E-state index contributed by atoms with van der Waals surface area (Å²) in [5.41, 5.74) is 2.17. The zero-order valence-corrected chi connectivity index (χ0v) is 13.0. The second-order valence-electron chi connectivity index (χ2n) is 5.55. The van der Waals surface area contributed by atoms with E-state index >= 15 is 0 Å². The van der Waals surface area contributed by atoms with Crippen molar-refractivity contribution in [2.75, 3.05) is 19.7 Å². The molecule has 0 aliphatic carbocycles. The van der Waals surface area contributed by atoms with Crippen molar-refractivity contribution in [1.29, 1.82) is 0 Å². The molecule has 0 unspecified atom stereocenters. The predicted molar refractivity (Wildman–Crippen MR) is 85.8 cm³/mol. The van der Waals surface area contributed by atoms with Gasteiger partial charge < -0.3 is 14.7 Å². The highest BCUT2D eigenvalue weighted by Crippen LogP contribution is 2.33. The lowest BCUT2D eigenvalue weighted by atomic mass is 9.92. The molecule has 0 saturated carbocycles. The van der Waals surface area contributed by atoms with Gasteiger partial charge in [-0.15, -0.1) is 0 Å². The standard InChI is InChI=1S/C17H19NO3S/c19-10-15-8-18(9-16(15)14-6-7-22-12-14)17(20)21-11-13-4-2-1-3-5-13/h1-7,12,15-16,19H,8-11H2/t15-,16-/m0/s1. The van der Waals surface area contributed by atoms with Crippen LogP contribution in [0.1, 0.15) is 17.0 Å². The molecule has 1 aromatic heterocycles. The van der Waals surface area contributed by atoms with Crippen LogP contribution < -0.4 is 0 Å². The van der Waals surface area contributed by atoms with E-state index < -0.39 is 0 Å². The SMILES string of the molecule is O=C(OCc1ccccc1)N1C[C@@H](CO)[C@H](c2ccsc2)C1. The molecule has 5 heteroatoms. The van der Waals surface area contributed by atoms with Crippen LogP contribution in [-0.2, 0) is 11.3 Å². The molecular weight excluding hydrogens is 298 g/mol. The molecule has 1 amide bonds. The number of aliphatic hydroxyl groups is 1. The second kappa shape index (κ2) is 6.94. The number of thiophene rings is 1. The van der Waals surface area contributed by atoms with E-state index in [1.54, 1.807) is 16.2 Å². The average Bonchev–Trinajstić information content (AvgIpc) is 3.22. The second-order valence-corrected chi connectivity index (χ2v) is 6.33. The molecular formula is C17H19NO3S. The van der Waals surface area contributed by atoms with Crippen LogP contribution in [-0.4, -0.2) is 35.8 Å². The topological polar surface area (TPSA) is 49.8 Å². The van der Waals surface area contributed by atoms with E-state index in [1.165, 1.54) is 5.56 Å². The van der Waals surface area contributed by atoms with E-state index in [-0.39, 0.29) is 31.1 Å². The quantitative estimate of drug-likeness (QED) is 0.943. The predicted octanol–water partition coefficient (Wildman–Crippen LogP) is 3.09. The average molecular weight is 317 g/mol. The molecule has 2 aromatic rings. The molecule has 1 aliphatic rings. The van der Waals surface area contributed by atoms with Gasteiger partial charge in [-0.05, 0) is 28.0 Å². The summed E-state index contributed by atoms with van der Waals surface area (Å²) in [6.45, 7) is 1.52. The number of carbonyl (C=O) groups excluding carboxylic acids is 1. The van der Waals surface area contributed by atoms with Crippen LogP contribution in [0.2, 0.25) is 0 Å². The molecule has 2 atom stereocenters. The monoisotopic (exact) mass is 317 g/mol. The number of carbonyl (C=O) groups is 1. The van der Waals surface area contributed by atoms with Crippen LogP contribution in [0.25, 0.3) is 0 Å². The molecule has 2 heterocycles. The number of rotatable bonds is 4. The Morgan fingerprint density at radius 3 is 2.77 bits per heavy atom. The van der Waals surface area contributed by atoms with E-state index in [0.717, 1.165) is 5.56 Å². The summed E-state index contributed by atoms with van der Waals surface area (Å²) in [6, 6.07) is 11.7. The van der Waals surface area contributed by atoms with Crippen molar-refractivity contribution in [2.24, 2.45) is 5.92 Å². The lowest BCUT2D eigenvalue weighted by Crippen LogP contribution is -2.29. The van der Waals surface area contributed by atoms with Gasteiger partial charge in [-0.2, -0.15) is 11.3 Å². The number of amides is 1. The lowest BCUT2D eigenvalue weighted by Gasteiger charge is -2.16. The Morgan fingerprint density at radius 2 is 2.09 bits per heavy atom. The van der Waals surface area contributed by atoms with Gasteiger partial charge in [-0.3, -0.25) is 0 Å². The Bertz CT molecular complexity index is 600. The summed E-state index contributed by atoms with van der Waals surface area (Å²) in [7, 11) is 0. The first-order valence-corrected chi connectivity index (χ1v) is 8.31. The van der Waals surface area contributed by atoms with Gasteiger partial charge >= 0.3 is 6.09 Å². The Hall–Kier alpha value is -1.85. The van der Waals surface area contributed by atoms with Crippen molar-refractivity contribution in [3.63, 3.8) is 0 Å². The number of benzene rings is 1. The molecule has 0 bridgehead atoms. The fourth-order valence-electron chi connectivity index (χ4n) is 2.88. The fraction of sp³-hybridized carbons (Fsp3) is 0.353. The van der Waals surface area contributed by atoms with Crippen LogP contribution in [0.3, 0.4) is 0 Å². The van der Waals surface area contributed by atoms with Crippen molar-refractivity contribution in [2.45, 2.75) is 12.5 Å². The first-order chi connectivity index (χ1) is 10.8. The number of likely N-dealkylation sites (tertiary alicyclic amines) is 1. The molecule has 0 radical (unpaired) electrons. The smallest absolute Gasteiger partial charge is 0.410 e. The van der Waals surface area contributed by atoms with Gasteiger partial charge in [0.15, 0.2) is 0 Å². The number of nitrogens with zero attached hydrogens (tertiary/aromatic N) is 1. The minimum Gasteiger partial charge on any atom is -0.445 e. The summed E-state index contributed by atoms with van der Waals surface area (Å²) in [4.78, 5) is 13.9. The summed E-state index contributed by atoms with van der Waals surface area (Å²) in [5, 5.41) is 13.7. The van der Waals surface area contributed by atoms with Crippen molar-refractivity contribution in [3.05, 3.63) is 58.3 Å². The van der Waals surface area contributed by atoms with Crippen molar-refractivity contribution in [3.8, 4) is 0 Å². The molecule has 1 saturated heterocycles. The van der Waals surface area contributed by atoms with Gasteiger partial charge in [-0.1, -0.05) is 30.3 Å². The van der Waals surface area contributed by atoms with E-state index in [4.69, 9.17) is 4.74 Å². The number of ether oxygens (including phenoxy) is 1. The van der Waals surface area contributed by atoms with E-state index in [9.17, 15) is 9.90 Å². The van der Waals surface area contributed by atoms with Crippen molar-refractivity contribution < 1.29 is 14.6 Å². The highest BCUT2D eigenvalue weighted by molar-refractivity contribution is 7.08. The Morgan fingerprint density at radius 1 is 1.27 bits per heavy atom. The zero-order chi connectivity index (χ0) is 15.4. The van der Waals surface area contributed by atoms with Gasteiger partial charge in [0.05, 0.1) is 0 Å². The van der Waals surface area contributed by atoms with Crippen molar-refractivity contribution >= 4 is 17.4 Å². The van der Waals surface area contributed by atoms with Crippen LogP contribution in [0, 0.1) is 5.92 Å². The van der Waals surface area contributed by atoms with Gasteiger partial charge in [0, 0.05) is 31.5 Å². The fourth-order valence-corrected chi connectivity index (χ4v) is 3.60. The molecule has 0 spiro atoms. The van der Waals surface area contributed by atoms with Gasteiger partial charge in [0.2, 0.25) is 0 Å². The summed E-state index contributed by atoms with van der Waals surface area (Å²) in [6.07, 6.45) is -0.306. The van der Waals surface area contributed by atoms with Gasteiger partial charge in [0.25, 0.3) is 0 Å². The molecule has 4 nitrogen and oxygen atoms in total. The minimum atomic E-state index is -0.306. The lowest BCUT2D eigenvalue weighted by molar-refractivity contribution is 0.101. The van der Waals surface area contributed by atoms with Crippen LogP contribution in [0.4, 0.5) is 4.79 Å². The third-order valence-corrected chi connectivity index (χ3v) is 4.81. The summed E-state index contributed by atoms with van der Waals surface area (Å²) < 4.78 is 5.38. The molecule has 1 N–H and O–H groups in total. The molecule has 1 aliphatic heterocycles. The Balaban J connectivity index is 1.59. The van der Waals surface area contributed by atoms with Crippen LogP contribution in [0.5, 0.6) is 0 Å². The van der Waals surface area contributed by atoms with Gasteiger partial charge in [-0.25, -0.2) is 4.79 Å². The largest absolute Gasteiger partial charge is 0.445 e. The maximum Gasteiger partial charge on any atom is 0.410 e. The van der Waals surface area contributed by atoms with Crippen LogP contribution in [0.15, 0.2) is 47.2 Å². The highest BCUT2D eigenvalue weighted by atomic mass is 32.1.